The minimum absolute atomic E-state index is 0.644. The lowest BCUT2D eigenvalue weighted by Gasteiger charge is -2.08. The molecular formula is C14H12BrClN4. The molecule has 0 radical (unpaired) electrons. The van der Waals surface area contributed by atoms with E-state index in [2.05, 4.69) is 31.3 Å². The first kappa shape index (κ1) is 13.4. The van der Waals surface area contributed by atoms with E-state index in [1.54, 1.807) is 6.20 Å². The molecule has 0 bridgehead atoms. The van der Waals surface area contributed by atoms with Crippen molar-refractivity contribution >= 4 is 44.3 Å². The van der Waals surface area contributed by atoms with Crippen LogP contribution in [0.4, 0.5) is 5.82 Å². The van der Waals surface area contributed by atoms with Crippen LogP contribution in [-0.4, -0.2) is 21.3 Å². The molecule has 0 saturated heterocycles. The highest BCUT2D eigenvalue weighted by molar-refractivity contribution is 9.10. The summed E-state index contributed by atoms with van der Waals surface area (Å²) in [4.78, 5) is 4.54. The van der Waals surface area contributed by atoms with Gasteiger partial charge in [-0.3, -0.25) is 4.68 Å². The maximum atomic E-state index is 6.22. The molecule has 6 heteroatoms. The fraction of sp³-hybridized carbons (Fsp3) is 0.143. The molecule has 0 unspecified atom stereocenters. The highest BCUT2D eigenvalue weighted by Crippen LogP contribution is 2.27. The summed E-state index contributed by atoms with van der Waals surface area (Å²) in [6.07, 6.45) is 3.70. The van der Waals surface area contributed by atoms with Gasteiger partial charge in [0.15, 0.2) is 0 Å². The van der Waals surface area contributed by atoms with Gasteiger partial charge in [-0.1, -0.05) is 27.5 Å². The average Bonchev–Trinajstić information content (AvgIpc) is 2.92. The summed E-state index contributed by atoms with van der Waals surface area (Å²) in [5.41, 5.74) is 0.805. The molecule has 0 amide bonds. The number of halogens is 2. The number of nitrogens with zero attached hydrogens (tertiary/aromatic N) is 3. The zero-order valence-corrected chi connectivity index (χ0v) is 12.9. The van der Waals surface area contributed by atoms with Gasteiger partial charge in [0.25, 0.3) is 0 Å². The predicted octanol–water partition coefficient (Wildman–Crippen LogP) is 3.96. The first-order valence-corrected chi connectivity index (χ1v) is 7.36. The molecule has 0 spiro atoms. The molecule has 1 N–H and O–H groups in total. The number of benzene rings is 1. The monoisotopic (exact) mass is 350 g/mol. The summed E-state index contributed by atoms with van der Waals surface area (Å²) in [5, 5.41) is 9.09. The SMILES string of the molecule is Clc1cc(Br)cc2ccc(NCCn3cccn3)nc12. The lowest BCUT2D eigenvalue weighted by atomic mass is 10.2. The number of fused-ring (bicyclic) bond motifs is 1. The molecule has 20 heavy (non-hydrogen) atoms. The van der Waals surface area contributed by atoms with Crippen LogP contribution in [0.3, 0.4) is 0 Å². The van der Waals surface area contributed by atoms with Crippen molar-refractivity contribution in [1.29, 1.82) is 0 Å². The Morgan fingerprint density at radius 3 is 3.00 bits per heavy atom. The molecule has 0 atom stereocenters. The van der Waals surface area contributed by atoms with Crippen molar-refractivity contribution in [3.05, 3.63) is 52.2 Å². The Hall–Kier alpha value is -1.59. The number of anilines is 1. The van der Waals surface area contributed by atoms with Crippen molar-refractivity contribution in [1.82, 2.24) is 14.8 Å². The van der Waals surface area contributed by atoms with E-state index in [1.165, 1.54) is 0 Å². The van der Waals surface area contributed by atoms with Gasteiger partial charge < -0.3 is 5.32 Å². The molecule has 2 aromatic heterocycles. The van der Waals surface area contributed by atoms with Gasteiger partial charge >= 0.3 is 0 Å². The van der Waals surface area contributed by atoms with Gasteiger partial charge in [-0.05, 0) is 30.3 Å². The lowest BCUT2D eigenvalue weighted by molar-refractivity contribution is 0.637. The van der Waals surface area contributed by atoms with E-state index in [4.69, 9.17) is 11.6 Å². The third kappa shape index (κ3) is 2.94. The van der Waals surface area contributed by atoms with Gasteiger partial charge in [0, 0.05) is 28.8 Å². The van der Waals surface area contributed by atoms with Crippen molar-refractivity contribution in [2.24, 2.45) is 0 Å². The molecule has 0 aliphatic carbocycles. The Kier molecular flexibility index (Phi) is 3.89. The summed E-state index contributed by atoms with van der Waals surface area (Å²) in [7, 11) is 0. The summed E-state index contributed by atoms with van der Waals surface area (Å²) in [6, 6.07) is 9.72. The van der Waals surface area contributed by atoms with E-state index in [0.717, 1.165) is 34.3 Å². The first-order chi connectivity index (χ1) is 9.72. The summed E-state index contributed by atoms with van der Waals surface area (Å²) in [6.45, 7) is 1.55. The van der Waals surface area contributed by atoms with Crippen molar-refractivity contribution in [3.8, 4) is 0 Å². The summed E-state index contributed by atoms with van der Waals surface area (Å²) in [5.74, 6) is 0.814. The van der Waals surface area contributed by atoms with E-state index in [-0.39, 0.29) is 0 Å². The molecule has 102 valence electrons. The second-order valence-electron chi connectivity index (χ2n) is 4.35. The number of aromatic nitrogens is 3. The van der Waals surface area contributed by atoms with E-state index in [0.29, 0.717) is 5.02 Å². The molecule has 3 rings (SSSR count). The van der Waals surface area contributed by atoms with Crippen molar-refractivity contribution in [2.45, 2.75) is 6.54 Å². The zero-order chi connectivity index (χ0) is 13.9. The quantitative estimate of drug-likeness (QED) is 0.773. The van der Waals surface area contributed by atoms with E-state index < -0.39 is 0 Å². The Morgan fingerprint density at radius 1 is 1.30 bits per heavy atom. The van der Waals surface area contributed by atoms with Gasteiger partial charge in [0.1, 0.15) is 5.82 Å². The second-order valence-corrected chi connectivity index (χ2v) is 5.67. The number of nitrogens with one attached hydrogen (secondary N) is 1. The maximum absolute atomic E-state index is 6.22. The number of rotatable bonds is 4. The minimum atomic E-state index is 0.644. The molecule has 2 heterocycles. The Bertz CT molecular complexity index is 727. The third-order valence-electron chi connectivity index (χ3n) is 2.92. The van der Waals surface area contributed by atoms with Gasteiger partial charge in [-0.25, -0.2) is 4.98 Å². The van der Waals surface area contributed by atoms with Crippen molar-refractivity contribution in [3.63, 3.8) is 0 Å². The number of hydrogen-bond acceptors (Lipinski definition) is 3. The average molecular weight is 352 g/mol. The van der Waals surface area contributed by atoms with Crippen molar-refractivity contribution in [2.75, 3.05) is 11.9 Å². The lowest BCUT2D eigenvalue weighted by Crippen LogP contribution is -2.11. The van der Waals surface area contributed by atoms with Gasteiger partial charge in [-0.2, -0.15) is 5.10 Å². The largest absolute Gasteiger partial charge is 0.368 e. The molecule has 3 aromatic rings. The van der Waals surface area contributed by atoms with Gasteiger partial charge in [-0.15, -0.1) is 0 Å². The Labute approximate surface area is 129 Å². The highest BCUT2D eigenvalue weighted by atomic mass is 79.9. The zero-order valence-electron chi connectivity index (χ0n) is 10.6. The molecule has 0 aliphatic rings. The van der Waals surface area contributed by atoms with Gasteiger partial charge in [0.05, 0.1) is 17.1 Å². The number of pyridine rings is 1. The minimum Gasteiger partial charge on any atom is -0.368 e. The third-order valence-corrected chi connectivity index (χ3v) is 3.66. The predicted molar refractivity (Wildman–Crippen MR) is 85.2 cm³/mol. The van der Waals surface area contributed by atoms with Crippen LogP contribution in [0.2, 0.25) is 5.02 Å². The molecule has 1 aromatic carbocycles. The van der Waals surface area contributed by atoms with Crippen LogP contribution < -0.4 is 5.32 Å². The van der Waals surface area contributed by atoms with E-state index in [9.17, 15) is 0 Å². The second kappa shape index (κ2) is 5.81. The van der Waals surface area contributed by atoms with Crippen molar-refractivity contribution < 1.29 is 0 Å². The Morgan fingerprint density at radius 2 is 2.20 bits per heavy atom. The van der Waals surface area contributed by atoms with Crippen LogP contribution in [0.25, 0.3) is 10.9 Å². The molecule has 0 fully saturated rings. The fourth-order valence-electron chi connectivity index (χ4n) is 1.99. The fourth-order valence-corrected chi connectivity index (χ4v) is 2.86. The molecular weight excluding hydrogens is 340 g/mol. The summed E-state index contributed by atoms with van der Waals surface area (Å²) >= 11 is 9.64. The smallest absolute Gasteiger partial charge is 0.126 e. The van der Waals surface area contributed by atoms with E-state index >= 15 is 0 Å². The van der Waals surface area contributed by atoms with Crippen LogP contribution in [0.1, 0.15) is 0 Å². The van der Waals surface area contributed by atoms with Crippen LogP contribution in [-0.2, 0) is 6.54 Å². The topological polar surface area (TPSA) is 42.7 Å². The normalized spacial score (nSPS) is 10.9. The van der Waals surface area contributed by atoms with Crippen LogP contribution in [0.15, 0.2) is 47.2 Å². The summed E-state index contributed by atoms with van der Waals surface area (Å²) < 4.78 is 2.83. The molecule has 4 nitrogen and oxygen atoms in total. The van der Waals surface area contributed by atoms with Crippen LogP contribution in [0.5, 0.6) is 0 Å². The first-order valence-electron chi connectivity index (χ1n) is 6.19. The highest BCUT2D eigenvalue weighted by Gasteiger charge is 2.04. The Balaban J connectivity index is 1.75. The van der Waals surface area contributed by atoms with Crippen LogP contribution >= 0.6 is 27.5 Å². The molecule has 0 saturated carbocycles. The van der Waals surface area contributed by atoms with E-state index in [1.807, 2.05) is 41.2 Å². The standard InChI is InChI=1S/C14H12BrClN4/c15-11-8-10-2-3-13(19-14(10)12(16)9-11)17-5-7-20-6-1-4-18-20/h1-4,6,8-9H,5,7H2,(H,17,19). The maximum Gasteiger partial charge on any atom is 0.126 e. The van der Waals surface area contributed by atoms with Gasteiger partial charge in [0.2, 0.25) is 0 Å². The molecule has 0 aliphatic heterocycles. The number of hydrogen-bond donors (Lipinski definition) is 1. The van der Waals surface area contributed by atoms with Crippen LogP contribution in [0, 0.1) is 0 Å².